The summed E-state index contributed by atoms with van der Waals surface area (Å²) >= 11 is 0. The molecule has 126 valence electrons. The Hall–Kier alpha value is -1.63. The lowest BCUT2D eigenvalue weighted by molar-refractivity contribution is -0.138. The van der Waals surface area contributed by atoms with Gasteiger partial charge in [-0.1, -0.05) is 18.2 Å². The molecule has 0 amide bonds. The molecular weight excluding hydrogens is 333 g/mol. The number of halogens is 3. The first kappa shape index (κ1) is 17.7. The summed E-state index contributed by atoms with van der Waals surface area (Å²) in [6, 6.07) is 6.42. The minimum Gasteiger partial charge on any atom is -0.378 e. The molecule has 1 heterocycles. The van der Waals surface area contributed by atoms with Crippen LogP contribution in [0.15, 0.2) is 24.3 Å². The van der Waals surface area contributed by atoms with Gasteiger partial charge in [-0.15, -0.1) is 0 Å². The molecule has 1 aromatic carbocycles. The minimum absolute atomic E-state index is 0.0971. The van der Waals surface area contributed by atoms with E-state index < -0.39 is 33.1 Å². The Kier molecular flexibility index (Phi) is 4.71. The number of hydrogen-bond acceptors (Lipinski definition) is 4. The van der Waals surface area contributed by atoms with Gasteiger partial charge in [-0.2, -0.15) is 22.7 Å². The van der Waals surface area contributed by atoms with Gasteiger partial charge in [0, 0.05) is 20.1 Å². The highest BCUT2D eigenvalue weighted by Crippen LogP contribution is 2.34. The van der Waals surface area contributed by atoms with Gasteiger partial charge in [-0.3, -0.25) is 0 Å². The first-order valence-corrected chi connectivity index (χ1v) is 8.34. The molecule has 0 saturated carbocycles. The van der Waals surface area contributed by atoms with Crippen molar-refractivity contribution in [2.24, 2.45) is 0 Å². The standard InChI is InChI=1S/C14H15F3N2O3S/c1-19(13(9-18)6-7-22-10-13)23(20,21)8-11-4-2-3-5-12(11)14(15,16)17/h2-5H,6-8,10H2,1H3/t13-/m0/s1. The molecule has 0 N–H and O–H groups in total. The van der Waals surface area contributed by atoms with Crippen LogP contribution in [-0.4, -0.2) is 38.5 Å². The molecule has 0 radical (unpaired) electrons. The predicted octanol–water partition coefficient (Wildman–Crippen LogP) is 2.15. The second kappa shape index (κ2) is 6.11. The molecule has 0 spiro atoms. The Morgan fingerprint density at radius 2 is 2.04 bits per heavy atom. The molecule has 0 bridgehead atoms. The Morgan fingerprint density at radius 3 is 2.57 bits per heavy atom. The third-order valence-electron chi connectivity index (χ3n) is 3.89. The number of nitrogens with zero attached hydrogens (tertiary/aromatic N) is 2. The second-order valence-electron chi connectivity index (χ2n) is 5.32. The summed E-state index contributed by atoms with van der Waals surface area (Å²) < 4.78 is 69.8. The molecule has 1 aliphatic rings. The van der Waals surface area contributed by atoms with Gasteiger partial charge < -0.3 is 4.74 Å². The summed E-state index contributed by atoms with van der Waals surface area (Å²) in [5.74, 6) is -0.831. The fourth-order valence-electron chi connectivity index (χ4n) is 2.44. The van der Waals surface area contributed by atoms with Crippen LogP contribution in [0.4, 0.5) is 13.2 Å². The van der Waals surface area contributed by atoms with E-state index in [0.29, 0.717) is 0 Å². The quantitative estimate of drug-likeness (QED) is 0.836. The number of benzene rings is 1. The summed E-state index contributed by atoms with van der Waals surface area (Å²) in [6.07, 6.45) is -4.46. The lowest BCUT2D eigenvalue weighted by Gasteiger charge is -2.30. The number of likely N-dealkylation sites (N-methyl/N-ethyl adjacent to an activating group) is 1. The molecular formula is C14H15F3N2O3S. The zero-order valence-electron chi connectivity index (χ0n) is 12.3. The molecule has 1 fully saturated rings. The van der Waals surface area contributed by atoms with Gasteiger partial charge in [0.1, 0.15) is 5.54 Å². The summed E-state index contributed by atoms with van der Waals surface area (Å²) in [5.41, 5.74) is -2.71. The minimum atomic E-state index is -4.64. The van der Waals surface area contributed by atoms with Crippen LogP contribution in [0, 0.1) is 11.3 Å². The highest BCUT2D eigenvalue weighted by molar-refractivity contribution is 7.88. The van der Waals surface area contributed by atoms with E-state index in [2.05, 4.69) is 0 Å². The normalized spacial score (nSPS) is 22.3. The van der Waals surface area contributed by atoms with Crippen molar-refractivity contribution in [3.8, 4) is 6.07 Å². The average molecular weight is 348 g/mol. The molecule has 5 nitrogen and oxygen atoms in total. The largest absolute Gasteiger partial charge is 0.416 e. The van der Waals surface area contributed by atoms with E-state index in [4.69, 9.17) is 4.74 Å². The topological polar surface area (TPSA) is 70.4 Å². The molecule has 2 rings (SSSR count). The molecule has 1 saturated heterocycles. The van der Waals surface area contributed by atoms with E-state index in [1.165, 1.54) is 19.2 Å². The van der Waals surface area contributed by atoms with E-state index in [1.807, 2.05) is 6.07 Å². The van der Waals surface area contributed by atoms with Gasteiger partial charge in [0.25, 0.3) is 0 Å². The van der Waals surface area contributed by atoms with Crippen molar-refractivity contribution in [3.05, 3.63) is 35.4 Å². The number of alkyl halides is 3. The second-order valence-corrected chi connectivity index (χ2v) is 7.32. The van der Waals surface area contributed by atoms with Gasteiger partial charge in [0.2, 0.25) is 10.0 Å². The Labute approximate surface area is 132 Å². The van der Waals surface area contributed by atoms with Crippen molar-refractivity contribution in [1.29, 1.82) is 5.26 Å². The molecule has 1 aromatic rings. The molecule has 9 heteroatoms. The van der Waals surface area contributed by atoms with Crippen molar-refractivity contribution in [2.45, 2.75) is 23.9 Å². The number of nitriles is 1. The predicted molar refractivity (Wildman–Crippen MR) is 75.6 cm³/mol. The maximum atomic E-state index is 13.0. The van der Waals surface area contributed by atoms with Crippen LogP contribution >= 0.6 is 0 Å². The van der Waals surface area contributed by atoms with Crippen LogP contribution in [0.3, 0.4) is 0 Å². The Balaban J connectivity index is 2.35. The number of hydrogen-bond donors (Lipinski definition) is 0. The zero-order chi connectivity index (χ0) is 17.3. The van der Waals surface area contributed by atoms with Crippen LogP contribution in [0.5, 0.6) is 0 Å². The van der Waals surface area contributed by atoms with Gasteiger partial charge in [0.05, 0.1) is 24.0 Å². The first-order chi connectivity index (χ1) is 10.6. The van der Waals surface area contributed by atoms with E-state index in [0.717, 1.165) is 16.4 Å². The fourth-order valence-corrected chi connectivity index (χ4v) is 4.00. The third kappa shape index (κ3) is 3.49. The van der Waals surface area contributed by atoms with E-state index in [1.54, 1.807) is 0 Å². The van der Waals surface area contributed by atoms with Gasteiger partial charge >= 0.3 is 6.18 Å². The van der Waals surface area contributed by atoms with Crippen LogP contribution in [0.25, 0.3) is 0 Å². The number of rotatable bonds is 4. The monoisotopic (exact) mass is 348 g/mol. The highest BCUT2D eigenvalue weighted by Gasteiger charge is 2.45. The van der Waals surface area contributed by atoms with Gasteiger partial charge in [-0.25, -0.2) is 8.42 Å². The van der Waals surface area contributed by atoms with Gasteiger partial charge in [-0.05, 0) is 11.6 Å². The molecule has 1 aliphatic heterocycles. The van der Waals surface area contributed by atoms with E-state index >= 15 is 0 Å². The summed E-state index contributed by atoms with van der Waals surface area (Å²) in [5, 5.41) is 9.28. The van der Waals surface area contributed by atoms with Crippen molar-refractivity contribution in [1.82, 2.24) is 4.31 Å². The maximum Gasteiger partial charge on any atom is 0.416 e. The maximum absolute atomic E-state index is 13.0. The van der Waals surface area contributed by atoms with Crippen LogP contribution in [0.1, 0.15) is 17.5 Å². The molecule has 0 unspecified atom stereocenters. The third-order valence-corrected chi connectivity index (χ3v) is 5.75. The van der Waals surface area contributed by atoms with E-state index in [-0.39, 0.29) is 25.2 Å². The van der Waals surface area contributed by atoms with Crippen LogP contribution in [-0.2, 0) is 26.7 Å². The van der Waals surface area contributed by atoms with E-state index in [9.17, 15) is 26.9 Å². The van der Waals surface area contributed by atoms with Crippen LogP contribution < -0.4 is 0 Å². The molecule has 0 aliphatic carbocycles. The summed E-state index contributed by atoms with van der Waals surface area (Å²) in [7, 11) is -2.92. The molecule has 1 atom stereocenters. The lowest BCUT2D eigenvalue weighted by Crippen LogP contribution is -2.49. The van der Waals surface area contributed by atoms with Crippen molar-refractivity contribution >= 4 is 10.0 Å². The molecule has 0 aromatic heterocycles. The highest BCUT2D eigenvalue weighted by atomic mass is 32.2. The smallest absolute Gasteiger partial charge is 0.378 e. The summed E-state index contributed by atoms with van der Waals surface area (Å²) in [4.78, 5) is 0. The lowest BCUT2D eigenvalue weighted by atomic mass is 10.0. The van der Waals surface area contributed by atoms with Gasteiger partial charge in [0.15, 0.2) is 0 Å². The SMILES string of the molecule is CN([C@]1(C#N)CCOC1)S(=O)(=O)Cc1ccccc1C(F)(F)F. The number of ether oxygens (including phenoxy) is 1. The Bertz CT molecular complexity index is 720. The summed E-state index contributed by atoms with van der Waals surface area (Å²) in [6.45, 7) is 0.132. The van der Waals surface area contributed by atoms with Crippen molar-refractivity contribution in [2.75, 3.05) is 20.3 Å². The fraction of sp³-hybridized carbons (Fsp3) is 0.500. The zero-order valence-corrected chi connectivity index (χ0v) is 13.1. The van der Waals surface area contributed by atoms with Crippen molar-refractivity contribution < 1.29 is 26.3 Å². The Morgan fingerprint density at radius 1 is 1.39 bits per heavy atom. The van der Waals surface area contributed by atoms with Crippen molar-refractivity contribution in [3.63, 3.8) is 0 Å². The first-order valence-electron chi connectivity index (χ1n) is 6.73. The average Bonchev–Trinajstić information content (AvgIpc) is 2.95. The molecule has 23 heavy (non-hydrogen) atoms. The van der Waals surface area contributed by atoms with Crippen LogP contribution in [0.2, 0.25) is 0 Å². The number of sulfonamides is 1.